The maximum absolute atomic E-state index is 11.1. The van der Waals surface area contributed by atoms with Gasteiger partial charge in [-0.25, -0.2) is 0 Å². The highest BCUT2D eigenvalue weighted by Gasteiger charge is 2.03. The summed E-state index contributed by atoms with van der Waals surface area (Å²) in [5.41, 5.74) is 0.530. The van der Waals surface area contributed by atoms with Crippen LogP contribution in [0.15, 0.2) is 24.3 Å². The van der Waals surface area contributed by atoms with Gasteiger partial charge in [0.1, 0.15) is 11.8 Å². The topological polar surface area (TPSA) is 59.3 Å². The van der Waals surface area contributed by atoms with Crippen LogP contribution in [-0.4, -0.2) is 19.2 Å². The highest BCUT2D eigenvalue weighted by Crippen LogP contribution is 2.16. The van der Waals surface area contributed by atoms with E-state index in [1.54, 1.807) is 25.1 Å². The Balaban J connectivity index is 2.22. The second kappa shape index (κ2) is 8.13. The molecule has 0 N–H and O–H groups in total. The van der Waals surface area contributed by atoms with Gasteiger partial charge in [0.05, 0.1) is 18.8 Å². The molecule has 0 saturated heterocycles. The number of hydrogen-bond donors (Lipinski definition) is 0. The maximum Gasteiger partial charge on any atom is 0.305 e. The van der Waals surface area contributed by atoms with Crippen molar-refractivity contribution in [2.24, 2.45) is 0 Å². The second-order valence-electron chi connectivity index (χ2n) is 3.72. The number of esters is 1. The summed E-state index contributed by atoms with van der Waals surface area (Å²) in [4.78, 5) is 11.1. The molecule has 4 heteroatoms. The van der Waals surface area contributed by atoms with Crippen LogP contribution < -0.4 is 4.74 Å². The Bertz CT molecular complexity index is 423. The summed E-state index contributed by atoms with van der Waals surface area (Å²) in [6, 6.07) is 9.18. The minimum Gasteiger partial charge on any atom is -0.492 e. The Morgan fingerprint density at radius 1 is 1.33 bits per heavy atom. The lowest BCUT2D eigenvalue weighted by molar-refractivity contribution is -0.143. The fourth-order valence-corrected chi connectivity index (χ4v) is 1.47. The quantitative estimate of drug-likeness (QED) is 0.549. The minimum absolute atomic E-state index is 0.171. The van der Waals surface area contributed by atoms with Gasteiger partial charge in [0.15, 0.2) is 0 Å². The Morgan fingerprint density at radius 2 is 2.11 bits per heavy atom. The molecular formula is C14H17NO3. The van der Waals surface area contributed by atoms with Crippen molar-refractivity contribution in [1.29, 1.82) is 5.26 Å². The molecule has 0 aliphatic heterocycles. The molecule has 0 bridgehead atoms. The zero-order chi connectivity index (χ0) is 13.2. The molecule has 1 aromatic rings. The molecule has 4 nitrogen and oxygen atoms in total. The zero-order valence-electron chi connectivity index (χ0n) is 10.5. The molecule has 1 rings (SSSR count). The smallest absolute Gasteiger partial charge is 0.305 e. The van der Waals surface area contributed by atoms with E-state index < -0.39 is 0 Å². The molecule has 0 fully saturated rings. The highest BCUT2D eigenvalue weighted by molar-refractivity contribution is 5.69. The van der Waals surface area contributed by atoms with Gasteiger partial charge in [-0.1, -0.05) is 12.1 Å². The number of nitrogens with zero attached hydrogens (tertiary/aromatic N) is 1. The fourth-order valence-electron chi connectivity index (χ4n) is 1.47. The molecular weight excluding hydrogens is 230 g/mol. The Labute approximate surface area is 107 Å². The van der Waals surface area contributed by atoms with Crippen molar-refractivity contribution in [1.82, 2.24) is 0 Å². The minimum atomic E-state index is -0.171. The first kappa shape index (κ1) is 14.0. The molecule has 0 spiro atoms. The first-order chi connectivity index (χ1) is 8.77. The van der Waals surface area contributed by atoms with E-state index in [4.69, 9.17) is 14.7 Å². The predicted octanol–water partition coefficient (Wildman–Crippen LogP) is 2.67. The summed E-state index contributed by atoms with van der Waals surface area (Å²) in [7, 11) is 0. The molecule has 0 aliphatic carbocycles. The van der Waals surface area contributed by atoms with Gasteiger partial charge in [-0.3, -0.25) is 4.79 Å². The maximum atomic E-state index is 11.1. The monoisotopic (exact) mass is 247 g/mol. The molecule has 0 heterocycles. The first-order valence-corrected chi connectivity index (χ1v) is 6.05. The van der Waals surface area contributed by atoms with Crippen LogP contribution in [0, 0.1) is 11.3 Å². The van der Waals surface area contributed by atoms with Crippen LogP contribution >= 0.6 is 0 Å². The van der Waals surface area contributed by atoms with E-state index in [2.05, 4.69) is 6.07 Å². The van der Waals surface area contributed by atoms with Gasteiger partial charge >= 0.3 is 5.97 Å². The molecule has 0 aliphatic rings. The molecule has 1 aromatic carbocycles. The van der Waals surface area contributed by atoms with Crippen LogP contribution in [0.25, 0.3) is 0 Å². The Hall–Kier alpha value is -2.02. The van der Waals surface area contributed by atoms with Crippen LogP contribution in [0.4, 0.5) is 0 Å². The van der Waals surface area contributed by atoms with E-state index in [1.807, 2.05) is 6.07 Å². The van der Waals surface area contributed by atoms with Gasteiger partial charge in [-0.2, -0.15) is 5.26 Å². The Morgan fingerprint density at radius 3 is 2.83 bits per heavy atom. The SMILES string of the molecule is CCOC(=O)CCCCOc1ccccc1C#N. The zero-order valence-corrected chi connectivity index (χ0v) is 10.5. The van der Waals surface area contributed by atoms with Crippen LogP contribution in [0.2, 0.25) is 0 Å². The molecule has 0 saturated carbocycles. The van der Waals surface area contributed by atoms with Crippen molar-refractivity contribution in [2.45, 2.75) is 26.2 Å². The molecule has 0 radical (unpaired) electrons. The van der Waals surface area contributed by atoms with E-state index >= 15 is 0 Å². The number of hydrogen-bond acceptors (Lipinski definition) is 4. The summed E-state index contributed by atoms with van der Waals surface area (Å²) >= 11 is 0. The number of ether oxygens (including phenoxy) is 2. The number of nitriles is 1. The largest absolute Gasteiger partial charge is 0.492 e. The second-order valence-corrected chi connectivity index (χ2v) is 3.72. The number of carbonyl (C=O) groups is 1. The number of para-hydroxylation sites is 1. The van der Waals surface area contributed by atoms with Crippen molar-refractivity contribution in [3.63, 3.8) is 0 Å². The van der Waals surface area contributed by atoms with Gasteiger partial charge in [-0.05, 0) is 31.9 Å². The average Bonchev–Trinajstić information content (AvgIpc) is 2.39. The lowest BCUT2D eigenvalue weighted by Crippen LogP contribution is -2.05. The number of rotatable bonds is 7. The number of unbranched alkanes of at least 4 members (excludes halogenated alkanes) is 1. The van der Waals surface area contributed by atoms with Crippen molar-refractivity contribution in [3.8, 4) is 11.8 Å². The van der Waals surface area contributed by atoms with Gasteiger partial charge in [0.2, 0.25) is 0 Å². The van der Waals surface area contributed by atoms with Crippen molar-refractivity contribution < 1.29 is 14.3 Å². The van der Waals surface area contributed by atoms with Crippen molar-refractivity contribution >= 4 is 5.97 Å². The number of carbonyl (C=O) groups excluding carboxylic acids is 1. The molecule has 0 aromatic heterocycles. The predicted molar refractivity (Wildman–Crippen MR) is 67.1 cm³/mol. The standard InChI is InChI=1S/C14H17NO3/c1-2-17-14(16)9-5-6-10-18-13-8-4-3-7-12(13)11-15/h3-4,7-8H,2,5-6,9-10H2,1H3. The third-order valence-electron chi connectivity index (χ3n) is 2.35. The van der Waals surface area contributed by atoms with Crippen LogP contribution in [0.1, 0.15) is 31.7 Å². The molecule has 0 amide bonds. The normalized spacial score (nSPS) is 9.56. The van der Waals surface area contributed by atoms with E-state index in [-0.39, 0.29) is 5.97 Å². The lowest BCUT2D eigenvalue weighted by atomic mass is 10.2. The molecule has 0 atom stereocenters. The third-order valence-corrected chi connectivity index (χ3v) is 2.35. The number of benzene rings is 1. The van der Waals surface area contributed by atoms with Gasteiger partial charge in [0.25, 0.3) is 0 Å². The summed E-state index contributed by atoms with van der Waals surface area (Å²) in [6.07, 6.45) is 1.91. The molecule has 96 valence electrons. The van der Waals surface area contributed by atoms with E-state index in [9.17, 15) is 4.79 Å². The van der Waals surface area contributed by atoms with Gasteiger partial charge < -0.3 is 9.47 Å². The Kier molecular flexibility index (Phi) is 6.34. The van der Waals surface area contributed by atoms with Crippen molar-refractivity contribution in [3.05, 3.63) is 29.8 Å². The van der Waals surface area contributed by atoms with E-state index in [1.165, 1.54) is 0 Å². The van der Waals surface area contributed by atoms with Gasteiger partial charge in [0, 0.05) is 6.42 Å². The average molecular weight is 247 g/mol. The fraction of sp³-hybridized carbons (Fsp3) is 0.429. The van der Waals surface area contributed by atoms with Crippen LogP contribution in [0.3, 0.4) is 0 Å². The van der Waals surface area contributed by atoms with Crippen LogP contribution in [0.5, 0.6) is 5.75 Å². The summed E-state index contributed by atoms with van der Waals surface area (Å²) in [5.74, 6) is 0.422. The lowest BCUT2D eigenvalue weighted by Gasteiger charge is -2.07. The van der Waals surface area contributed by atoms with Gasteiger partial charge in [-0.15, -0.1) is 0 Å². The summed E-state index contributed by atoms with van der Waals surface area (Å²) in [6.45, 7) is 2.71. The van der Waals surface area contributed by atoms with E-state index in [0.29, 0.717) is 30.9 Å². The van der Waals surface area contributed by atoms with Crippen molar-refractivity contribution in [2.75, 3.05) is 13.2 Å². The first-order valence-electron chi connectivity index (χ1n) is 6.05. The molecule has 0 unspecified atom stereocenters. The summed E-state index contributed by atoms with van der Waals surface area (Å²) in [5, 5.41) is 8.86. The highest BCUT2D eigenvalue weighted by atomic mass is 16.5. The molecule has 18 heavy (non-hydrogen) atoms. The third kappa shape index (κ3) is 4.88. The van der Waals surface area contributed by atoms with E-state index in [0.717, 1.165) is 12.8 Å². The van der Waals surface area contributed by atoms with Crippen LogP contribution in [-0.2, 0) is 9.53 Å². The summed E-state index contributed by atoms with van der Waals surface area (Å²) < 4.78 is 10.3.